The van der Waals surface area contributed by atoms with Crippen molar-refractivity contribution in [3.63, 3.8) is 0 Å². The van der Waals surface area contributed by atoms with Gasteiger partial charge in [-0.3, -0.25) is 0 Å². The van der Waals surface area contributed by atoms with Crippen molar-refractivity contribution >= 4 is 11.6 Å². The second-order valence-corrected chi connectivity index (χ2v) is 5.95. The van der Waals surface area contributed by atoms with Gasteiger partial charge in [-0.25, -0.2) is 9.37 Å². The van der Waals surface area contributed by atoms with Crippen LogP contribution in [0.25, 0.3) is 11.3 Å². The van der Waals surface area contributed by atoms with E-state index in [1.54, 1.807) is 12.1 Å². The molecule has 20 heavy (non-hydrogen) atoms. The zero-order valence-electron chi connectivity index (χ0n) is 11.3. The lowest BCUT2D eigenvalue weighted by molar-refractivity contribution is 0.524. The van der Waals surface area contributed by atoms with Gasteiger partial charge in [-0.15, -0.1) is 0 Å². The molecule has 0 amide bonds. The fourth-order valence-corrected chi connectivity index (χ4v) is 2.89. The van der Waals surface area contributed by atoms with Crippen molar-refractivity contribution in [1.82, 2.24) is 10.3 Å². The zero-order valence-corrected chi connectivity index (χ0v) is 12.0. The van der Waals surface area contributed by atoms with Gasteiger partial charge in [0.2, 0.25) is 0 Å². The van der Waals surface area contributed by atoms with Crippen molar-refractivity contribution in [2.24, 2.45) is 0 Å². The Morgan fingerprint density at radius 2 is 2.00 bits per heavy atom. The minimum atomic E-state index is -0.247. The first-order chi connectivity index (χ1) is 9.57. The molecule has 1 atom stereocenters. The normalized spacial score (nSPS) is 22.1. The van der Waals surface area contributed by atoms with Crippen LogP contribution >= 0.6 is 11.6 Å². The third-order valence-corrected chi connectivity index (χ3v) is 4.19. The van der Waals surface area contributed by atoms with E-state index in [0.717, 1.165) is 30.8 Å². The summed E-state index contributed by atoms with van der Waals surface area (Å²) in [5.41, 5.74) is 2.94. The van der Waals surface area contributed by atoms with Crippen LogP contribution in [0.15, 0.2) is 36.4 Å². The van der Waals surface area contributed by atoms with Crippen LogP contribution in [0.4, 0.5) is 4.39 Å². The fourth-order valence-electron chi connectivity index (χ4n) is 2.68. The van der Waals surface area contributed by atoms with Crippen LogP contribution in [0.1, 0.15) is 18.9 Å². The van der Waals surface area contributed by atoms with Crippen LogP contribution in [0.3, 0.4) is 0 Å². The maximum atomic E-state index is 13.0. The summed E-state index contributed by atoms with van der Waals surface area (Å²) >= 11 is 6.17. The predicted octanol–water partition coefficient (Wildman–Crippen LogP) is 3.79. The van der Waals surface area contributed by atoms with E-state index >= 15 is 0 Å². The van der Waals surface area contributed by atoms with Gasteiger partial charge in [-0.05, 0) is 54.9 Å². The molecule has 1 N–H and O–H groups in total. The Morgan fingerprint density at radius 1 is 1.25 bits per heavy atom. The van der Waals surface area contributed by atoms with Crippen LogP contribution in [-0.4, -0.2) is 18.1 Å². The lowest BCUT2D eigenvalue weighted by Gasteiger charge is -2.24. The molecule has 1 saturated heterocycles. The van der Waals surface area contributed by atoms with E-state index in [2.05, 4.69) is 23.3 Å². The van der Waals surface area contributed by atoms with Gasteiger partial charge in [-0.2, -0.15) is 0 Å². The van der Waals surface area contributed by atoms with Crippen molar-refractivity contribution in [3.8, 4) is 11.3 Å². The third kappa shape index (κ3) is 2.56. The molecule has 1 aliphatic heterocycles. The first-order valence-corrected chi connectivity index (χ1v) is 7.09. The molecule has 1 aromatic carbocycles. The molecule has 1 fully saturated rings. The third-order valence-electron chi connectivity index (χ3n) is 4.00. The van der Waals surface area contributed by atoms with E-state index in [0.29, 0.717) is 5.15 Å². The molecule has 0 saturated carbocycles. The number of hydrogen-bond donors (Lipinski definition) is 1. The Kier molecular flexibility index (Phi) is 3.48. The molecule has 2 heterocycles. The van der Waals surface area contributed by atoms with Gasteiger partial charge in [0.25, 0.3) is 0 Å². The second kappa shape index (κ2) is 5.15. The van der Waals surface area contributed by atoms with Gasteiger partial charge in [0, 0.05) is 17.5 Å². The molecule has 104 valence electrons. The van der Waals surface area contributed by atoms with Crippen molar-refractivity contribution in [2.45, 2.75) is 18.8 Å². The van der Waals surface area contributed by atoms with Gasteiger partial charge in [0.15, 0.2) is 0 Å². The molecule has 0 radical (unpaired) electrons. The van der Waals surface area contributed by atoms with Gasteiger partial charge in [0.1, 0.15) is 11.0 Å². The molecule has 2 aromatic rings. The molecular weight excluding hydrogens is 275 g/mol. The van der Waals surface area contributed by atoms with Gasteiger partial charge in [-0.1, -0.05) is 18.5 Å². The lowest BCUT2D eigenvalue weighted by Crippen LogP contribution is -2.25. The van der Waals surface area contributed by atoms with E-state index in [1.165, 1.54) is 17.7 Å². The van der Waals surface area contributed by atoms with E-state index in [-0.39, 0.29) is 11.2 Å². The summed E-state index contributed by atoms with van der Waals surface area (Å²) in [7, 11) is 0. The number of rotatable bonds is 2. The second-order valence-electron chi connectivity index (χ2n) is 5.56. The Bertz CT molecular complexity index is 619. The van der Waals surface area contributed by atoms with E-state index in [1.807, 2.05) is 6.07 Å². The lowest BCUT2D eigenvalue weighted by atomic mass is 9.82. The van der Waals surface area contributed by atoms with E-state index in [4.69, 9.17) is 11.6 Å². The van der Waals surface area contributed by atoms with Crippen molar-refractivity contribution < 1.29 is 4.39 Å². The van der Waals surface area contributed by atoms with Gasteiger partial charge < -0.3 is 5.32 Å². The maximum Gasteiger partial charge on any atom is 0.130 e. The van der Waals surface area contributed by atoms with Gasteiger partial charge in [0.05, 0.1) is 5.69 Å². The van der Waals surface area contributed by atoms with Crippen LogP contribution in [0.5, 0.6) is 0 Å². The summed E-state index contributed by atoms with van der Waals surface area (Å²) in [4.78, 5) is 4.36. The molecule has 2 nitrogen and oxygen atoms in total. The highest BCUT2D eigenvalue weighted by Gasteiger charge is 2.31. The Hall–Kier alpha value is -1.45. The summed E-state index contributed by atoms with van der Waals surface area (Å²) in [5, 5.41) is 3.87. The van der Waals surface area contributed by atoms with Crippen molar-refractivity contribution in [3.05, 3.63) is 52.9 Å². The predicted molar refractivity (Wildman–Crippen MR) is 79.5 cm³/mol. The molecule has 1 aromatic heterocycles. The van der Waals surface area contributed by atoms with E-state index < -0.39 is 0 Å². The SMILES string of the molecule is CC1(c2cc(Cl)nc(-c3ccc(F)cc3)c2)CCNC1. The number of pyridine rings is 1. The number of nitrogens with zero attached hydrogens (tertiary/aromatic N) is 1. The summed E-state index contributed by atoms with van der Waals surface area (Å²) in [6.07, 6.45) is 1.08. The molecule has 4 heteroatoms. The number of aromatic nitrogens is 1. The number of hydrogen-bond acceptors (Lipinski definition) is 2. The smallest absolute Gasteiger partial charge is 0.130 e. The topological polar surface area (TPSA) is 24.9 Å². The number of nitrogens with one attached hydrogen (secondary N) is 1. The van der Waals surface area contributed by atoms with Crippen LogP contribution in [0, 0.1) is 5.82 Å². The molecule has 0 bridgehead atoms. The first-order valence-electron chi connectivity index (χ1n) is 6.72. The summed E-state index contributed by atoms with van der Waals surface area (Å²) < 4.78 is 13.0. The van der Waals surface area contributed by atoms with Crippen LogP contribution in [-0.2, 0) is 5.41 Å². The average molecular weight is 291 g/mol. The highest BCUT2D eigenvalue weighted by atomic mass is 35.5. The van der Waals surface area contributed by atoms with Gasteiger partial charge >= 0.3 is 0 Å². The Morgan fingerprint density at radius 3 is 2.65 bits per heavy atom. The number of halogens is 2. The highest BCUT2D eigenvalue weighted by Crippen LogP contribution is 2.33. The minimum absolute atomic E-state index is 0.0847. The average Bonchev–Trinajstić information content (AvgIpc) is 2.87. The Balaban J connectivity index is 2.04. The molecular formula is C16H16ClFN2. The van der Waals surface area contributed by atoms with Crippen LogP contribution in [0.2, 0.25) is 5.15 Å². The maximum absolute atomic E-state index is 13.0. The quantitative estimate of drug-likeness (QED) is 0.851. The van der Waals surface area contributed by atoms with Crippen LogP contribution < -0.4 is 5.32 Å². The van der Waals surface area contributed by atoms with E-state index in [9.17, 15) is 4.39 Å². The zero-order chi connectivity index (χ0) is 14.2. The molecule has 1 unspecified atom stereocenters. The summed E-state index contributed by atoms with van der Waals surface area (Å²) in [5.74, 6) is -0.247. The largest absolute Gasteiger partial charge is 0.316 e. The summed E-state index contributed by atoms with van der Waals surface area (Å²) in [6, 6.07) is 10.3. The standard InChI is InChI=1S/C16H16ClFN2/c1-16(6-7-19-10-16)12-8-14(20-15(17)9-12)11-2-4-13(18)5-3-11/h2-5,8-9,19H,6-7,10H2,1H3. The minimum Gasteiger partial charge on any atom is -0.316 e. The molecule has 1 aliphatic rings. The molecule has 3 rings (SSSR count). The summed E-state index contributed by atoms with van der Waals surface area (Å²) in [6.45, 7) is 4.19. The molecule has 0 spiro atoms. The molecule has 0 aliphatic carbocycles. The first kappa shape index (κ1) is 13.5. The van der Waals surface area contributed by atoms with Crippen molar-refractivity contribution in [2.75, 3.05) is 13.1 Å². The monoisotopic (exact) mass is 290 g/mol. The fraction of sp³-hybridized carbons (Fsp3) is 0.312. The highest BCUT2D eigenvalue weighted by molar-refractivity contribution is 6.29. The number of benzene rings is 1. The Labute approximate surface area is 123 Å². The van der Waals surface area contributed by atoms with Crippen molar-refractivity contribution in [1.29, 1.82) is 0 Å².